The number of aromatic nitrogens is 2. The smallest absolute Gasteiger partial charge is 0.227 e. The summed E-state index contributed by atoms with van der Waals surface area (Å²) in [5, 5.41) is 4.20. The molecule has 3 aromatic rings. The molecule has 140 valence electrons. The maximum absolute atomic E-state index is 12.6. The highest BCUT2D eigenvalue weighted by molar-refractivity contribution is 5.78. The number of methoxy groups -OCH3 is 2. The lowest BCUT2D eigenvalue weighted by Crippen LogP contribution is -2.27. The number of likely N-dealkylation sites (N-methyl/N-ethyl adjacent to an activating group) is 1. The van der Waals surface area contributed by atoms with Gasteiger partial charge in [0, 0.05) is 37.6 Å². The molecule has 0 atom stereocenters. The van der Waals surface area contributed by atoms with Gasteiger partial charge in [-0.2, -0.15) is 5.10 Å². The second-order valence-electron chi connectivity index (χ2n) is 6.22. The molecule has 0 bridgehead atoms. The molecular weight excluding hydrogens is 342 g/mol. The van der Waals surface area contributed by atoms with Gasteiger partial charge in [0.2, 0.25) is 5.91 Å². The van der Waals surface area contributed by atoms with Gasteiger partial charge in [-0.3, -0.25) is 4.79 Å². The molecule has 1 amide bonds. The van der Waals surface area contributed by atoms with E-state index in [4.69, 9.17) is 9.47 Å². The molecule has 0 saturated carbocycles. The molecular formula is C21H23N3O3. The molecule has 0 unspecified atom stereocenters. The van der Waals surface area contributed by atoms with Crippen LogP contribution in [0.1, 0.15) is 11.1 Å². The van der Waals surface area contributed by atoms with Gasteiger partial charge in [0.15, 0.2) is 0 Å². The Hall–Kier alpha value is -3.28. The van der Waals surface area contributed by atoms with E-state index in [1.54, 1.807) is 37.0 Å². The SMILES string of the molecule is COc1ccc(CN(C)C(=O)Cc2ccc(-n3cccn3)cc2)c(OC)c1. The lowest BCUT2D eigenvalue weighted by Gasteiger charge is -2.19. The van der Waals surface area contributed by atoms with E-state index in [1.807, 2.05) is 54.7 Å². The minimum atomic E-state index is 0.0414. The number of rotatable bonds is 7. The van der Waals surface area contributed by atoms with Crippen molar-refractivity contribution < 1.29 is 14.3 Å². The zero-order valence-corrected chi connectivity index (χ0v) is 15.8. The molecule has 6 heteroatoms. The van der Waals surface area contributed by atoms with E-state index in [1.165, 1.54) is 0 Å². The van der Waals surface area contributed by atoms with Crippen molar-refractivity contribution in [2.45, 2.75) is 13.0 Å². The molecule has 2 aromatic carbocycles. The van der Waals surface area contributed by atoms with Gasteiger partial charge < -0.3 is 14.4 Å². The van der Waals surface area contributed by atoms with Crippen LogP contribution in [0.3, 0.4) is 0 Å². The fraction of sp³-hybridized carbons (Fsp3) is 0.238. The Morgan fingerprint density at radius 1 is 1.11 bits per heavy atom. The van der Waals surface area contributed by atoms with Crippen LogP contribution >= 0.6 is 0 Å². The van der Waals surface area contributed by atoms with Crippen molar-refractivity contribution >= 4 is 5.91 Å². The molecule has 3 rings (SSSR count). The number of hydrogen-bond acceptors (Lipinski definition) is 4. The predicted molar refractivity (Wildman–Crippen MR) is 103 cm³/mol. The topological polar surface area (TPSA) is 56.6 Å². The van der Waals surface area contributed by atoms with Crippen LogP contribution in [-0.2, 0) is 17.8 Å². The highest BCUT2D eigenvalue weighted by atomic mass is 16.5. The highest BCUT2D eigenvalue weighted by Gasteiger charge is 2.13. The number of carbonyl (C=O) groups excluding carboxylic acids is 1. The predicted octanol–water partition coefficient (Wildman–Crippen LogP) is 3.09. The molecule has 0 aliphatic rings. The Morgan fingerprint density at radius 3 is 2.52 bits per heavy atom. The molecule has 0 N–H and O–H groups in total. The average Bonchev–Trinajstić information content (AvgIpc) is 3.23. The Bertz CT molecular complexity index is 890. The summed E-state index contributed by atoms with van der Waals surface area (Å²) in [4.78, 5) is 14.3. The van der Waals surface area contributed by atoms with Crippen LogP contribution in [0.2, 0.25) is 0 Å². The van der Waals surface area contributed by atoms with Crippen molar-refractivity contribution in [3.05, 3.63) is 72.1 Å². The van der Waals surface area contributed by atoms with E-state index in [-0.39, 0.29) is 5.91 Å². The summed E-state index contributed by atoms with van der Waals surface area (Å²) in [6.45, 7) is 0.470. The molecule has 0 fully saturated rings. The third-order valence-corrected chi connectivity index (χ3v) is 4.39. The monoisotopic (exact) mass is 365 g/mol. The standard InChI is InChI=1S/C21H23N3O3/c1-23(15-17-7-10-19(26-2)14-20(17)27-3)21(25)13-16-5-8-18(9-6-16)24-12-4-11-22-24/h4-12,14H,13,15H2,1-3H3. The zero-order chi connectivity index (χ0) is 19.2. The first kappa shape index (κ1) is 18.5. The lowest BCUT2D eigenvalue weighted by atomic mass is 10.1. The van der Waals surface area contributed by atoms with Crippen molar-refractivity contribution in [3.8, 4) is 17.2 Å². The summed E-state index contributed by atoms with van der Waals surface area (Å²) in [5.74, 6) is 1.47. The number of hydrogen-bond donors (Lipinski definition) is 0. The maximum atomic E-state index is 12.6. The van der Waals surface area contributed by atoms with Crippen molar-refractivity contribution in [1.29, 1.82) is 0 Å². The quantitative estimate of drug-likeness (QED) is 0.646. The summed E-state index contributed by atoms with van der Waals surface area (Å²) < 4.78 is 12.4. The van der Waals surface area contributed by atoms with Gasteiger partial charge in [0.25, 0.3) is 0 Å². The van der Waals surface area contributed by atoms with Crippen LogP contribution in [0.15, 0.2) is 60.9 Å². The number of ether oxygens (including phenoxy) is 2. The number of nitrogens with zero attached hydrogens (tertiary/aromatic N) is 3. The van der Waals surface area contributed by atoms with Crippen molar-refractivity contribution in [1.82, 2.24) is 14.7 Å². The van der Waals surface area contributed by atoms with E-state index in [0.29, 0.717) is 18.7 Å². The largest absolute Gasteiger partial charge is 0.497 e. The van der Waals surface area contributed by atoms with Crippen LogP contribution in [0.4, 0.5) is 0 Å². The zero-order valence-electron chi connectivity index (χ0n) is 15.8. The van der Waals surface area contributed by atoms with Crippen LogP contribution in [0.25, 0.3) is 5.69 Å². The third kappa shape index (κ3) is 4.47. The normalized spacial score (nSPS) is 10.5. The fourth-order valence-corrected chi connectivity index (χ4v) is 2.82. The summed E-state index contributed by atoms with van der Waals surface area (Å²) in [6.07, 6.45) is 3.96. The van der Waals surface area contributed by atoms with E-state index >= 15 is 0 Å². The Kier molecular flexibility index (Phi) is 5.76. The number of benzene rings is 2. The molecule has 0 saturated heterocycles. The molecule has 1 heterocycles. The summed E-state index contributed by atoms with van der Waals surface area (Å²) in [5.41, 5.74) is 2.86. The van der Waals surface area contributed by atoms with E-state index in [0.717, 1.165) is 22.6 Å². The third-order valence-electron chi connectivity index (χ3n) is 4.39. The molecule has 0 spiro atoms. The van der Waals surface area contributed by atoms with Gasteiger partial charge in [-0.25, -0.2) is 4.68 Å². The Labute approximate surface area is 158 Å². The van der Waals surface area contributed by atoms with Crippen molar-refractivity contribution in [2.75, 3.05) is 21.3 Å². The fourth-order valence-electron chi connectivity index (χ4n) is 2.82. The Balaban J connectivity index is 1.64. The summed E-state index contributed by atoms with van der Waals surface area (Å²) in [7, 11) is 5.02. The minimum absolute atomic E-state index is 0.0414. The van der Waals surface area contributed by atoms with Gasteiger partial charge >= 0.3 is 0 Å². The van der Waals surface area contributed by atoms with Gasteiger partial charge in [-0.1, -0.05) is 12.1 Å². The van der Waals surface area contributed by atoms with Gasteiger partial charge in [-0.05, 0) is 35.9 Å². The molecule has 1 aromatic heterocycles. The van der Waals surface area contributed by atoms with E-state index in [9.17, 15) is 4.79 Å². The molecule has 0 aliphatic carbocycles. The molecule has 0 radical (unpaired) electrons. The Morgan fingerprint density at radius 2 is 1.89 bits per heavy atom. The van der Waals surface area contributed by atoms with Gasteiger partial charge in [0.1, 0.15) is 11.5 Å². The van der Waals surface area contributed by atoms with Gasteiger partial charge in [0.05, 0.1) is 26.3 Å². The highest BCUT2D eigenvalue weighted by Crippen LogP contribution is 2.25. The second-order valence-corrected chi connectivity index (χ2v) is 6.22. The lowest BCUT2D eigenvalue weighted by molar-refractivity contribution is -0.129. The minimum Gasteiger partial charge on any atom is -0.497 e. The van der Waals surface area contributed by atoms with Crippen LogP contribution in [-0.4, -0.2) is 41.9 Å². The second kappa shape index (κ2) is 8.40. The number of amides is 1. The molecule has 6 nitrogen and oxygen atoms in total. The number of carbonyl (C=O) groups is 1. The van der Waals surface area contributed by atoms with Crippen LogP contribution in [0.5, 0.6) is 11.5 Å². The van der Waals surface area contributed by atoms with E-state index in [2.05, 4.69) is 5.10 Å². The van der Waals surface area contributed by atoms with Crippen molar-refractivity contribution in [2.24, 2.45) is 0 Å². The molecule has 0 aliphatic heterocycles. The first-order valence-corrected chi connectivity index (χ1v) is 8.64. The van der Waals surface area contributed by atoms with Gasteiger partial charge in [-0.15, -0.1) is 0 Å². The first-order valence-electron chi connectivity index (χ1n) is 8.64. The van der Waals surface area contributed by atoms with E-state index < -0.39 is 0 Å². The average molecular weight is 365 g/mol. The summed E-state index contributed by atoms with van der Waals surface area (Å²) in [6, 6.07) is 15.3. The van der Waals surface area contributed by atoms with Crippen LogP contribution < -0.4 is 9.47 Å². The molecule has 27 heavy (non-hydrogen) atoms. The van der Waals surface area contributed by atoms with Crippen LogP contribution in [0, 0.1) is 0 Å². The summed E-state index contributed by atoms with van der Waals surface area (Å²) >= 11 is 0. The maximum Gasteiger partial charge on any atom is 0.227 e. The first-order chi connectivity index (χ1) is 13.1. The van der Waals surface area contributed by atoms with Crippen molar-refractivity contribution in [3.63, 3.8) is 0 Å².